The summed E-state index contributed by atoms with van der Waals surface area (Å²) in [6, 6.07) is 10.1. The molecule has 1 atom stereocenters. The van der Waals surface area contributed by atoms with E-state index in [1.54, 1.807) is 37.4 Å². The second kappa shape index (κ2) is 6.02. The van der Waals surface area contributed by atoms with Gasteiger partial charge in [0.1, 0.15) is 5.75 Å². The van der Waals surface area contributed by atoms with E-state index in [1.807, 2.05) is 6.07 Å². The van der Waals surface area contributed by atoms with Crippen molar-refractivity contribution in [3.8, 4) is 5.75 Å². The molecule has 2 aromatic rings. The minimum atomic E-state index is -0.440. The van der Waals surface area contributed by atoms with Crippen LogP contribution in [0.25, 0.3) is 0 Å². The highest BCUT2D eigenvalue weighted by molar-refractivity contribution is 6.34. The first kappa shape index (κ1) is 14.5. The smallest absolute Gasteiger partial charge is 0.120 e. The number of hydrogen-bond acceptors (Lipinski definition) is 2. The summed E-state index contributed by atoms with van der Waals surface area (Å²) in [5, 5.41) is 1.67. The summed E-state index contributed by atoms with van der Waals surface area (Å²) in [4.78, 5) is 0. The first-order valence-electron chi connectivity index (χ1n) is 5.57. The Bertz CT molecular complexity index is 601. The van der Waals surface area contributed by atoms with Gasteiger partial charge in [-0.3, -0.25) is 0 Å². The van der Waals surface area contributed by atoms with Gasteiger partial charge in [-0.05, 0) is 41.5 Å². The van der Waals surface area contributed by atoms with Gasteiger partial charge in [0.25, 0.3) is 0 Å². The van der Waals surface area contributed by atoms with Crippen molar-refractivity contribution in [3.05, 3.63) is 62.6 Å². The highest BCUT2D eigenvalue weighted by Gasteiger charge is 2.16. The quantitative estimate of drug-likeness (QED) is 0.890. The van der Waals surface area contributed by atoms with Crippen LogP contribution in [-0.4, -0.2) is 7.11 Å². The van der Waals surface area contributed by atoms with E-state index in [2.05, 4.69) is 0 Å². The van der Waals surface area contributed by atoms with Crippen LogP contribution in [0.1, 0.15) is 17.2 Å². The Labute approximate surface area is 127 Å². The van der Waals surface area contributed by atoms with E-state index in [0.717, 1.165) is 11.1 Å². The van der Waals surface area contributed by atoms with E-state index in [0.29, 0.717) is 20.8 Å². The molecule has 0 radical (unpaired) electrons. The molecule has 0 aromatic heterocycles. The topological polar surface area (TPSA) is 35.2 Å². The van der Waals surface area contributed by atoms with Gasteiger partial charge >= 0.3 is 0 Å². The molecular weight excluding hydrogens is 305 g/mol. The Morgan fingerprint density at radius 2 is 1.68 bits per heavy atom. The highest BCUT2D eigenvalue weighted by atomic mass is 35.5. The lowest BCUT2D eigenvalue weighted by molar-refractivity contribution is 0.414. The van der Waals surface area contributed by atoms with E-state index in [-0.39, 0.29) is 0 Å². The van der Waals surface area contributed by atoms with Gasteiger partial charge in [-0.1, -0.05) is 40.9 Å². The number of benzene rings is 2. The van der Waals surface area contributed by atoms with Gasteiger partial charge in [-0.2, -0.15) is 0 Å². The monoisotopic (exact) mass is 315 g/mol. The lowest BCUT2D eigenvalue weighted by Gasteiger charge is -2.16. The summed E-state index contributed by atoms with van der Waals surface area (Å²) in [6.45, 7) is 0. The summed E-state index contributed by atoms with van der Waals surface area (Å²) >= 11 is 18.3. The number of nitrogens with two attached hydrogens (primary N) is 1. The molecule has 1 unspecified atom stereocenters. The van der Waals surface area contributed by atoms with Gasteiger partial charge in [0.05, 0.1) is 13.2 Å². The number of hydrogen-bond donors (Lipinski definition) is 1. The molecule has 0 spiro atoms. The molecule has 0 amide bonds. The predicted octanol–water partition coefficient (Wildman–Crippen LogP) is 4.70. The zero-order valence-corrected chi connectivity index (χ0v) is 12.4. The number of ether oxygens (including phenoxy) is 1. The largest absolute Gasteiger partial charge is 0.497 e. The van der Waals surface area contributed by atoms with E-state index < -0.39 is 6.04 Å². The maximum atomic E-state index is 6.21. The van der Waals surface area contributed by atoms with Crippen LogP contribution in [0, 0.1) is 0 Å². The summed E-state index contributed by atoms with van der Waals surface area (Å²) in [5.41, 5.74) is 7.72. The first-order chi connectivity index (χ1) is 9.02. The fourth-order valence-corrected chi connectivity index (χ4v) is 2.51. The van der Waals surface area contributed by atoms with Crippen LogP contribution in [0.5, 0.6) is 5.75 Å². The minimum absolute atomic E-state index is 0.440. The van der Waals surface area contributed by atoms with Crippen LogP contribution in [0.2, 0.25) is 15.1 Å². The van der Waals surface area contributed by atoms with E-state index >= 15 is 0 Å². The molecule has 0 saturated carbocycles. The predicted molar refractivity (Wildman–Crippen MR) is 80.5 cm³/mol. The van der Waals surface area contributed by atoms with Crippen molar-refractivity contribution >= 4 is 34.8 Å². The first-order valence-corrected chi connectivity index (χ1v) is 6.70. The SMILES string of the molecule is COc1ccc(C(N)c2cc(Cl)ccc2Cl)c(Cl)c1. The van der Waals surface area contributed by atoms with Gasteiger partial charge < -0.3 is 10.5 Å². The Hall–Kier alpha value is -0.930. The van der Waals surface area contributed by atoms with Gasteiger partial charge in [0, 0.05) is 15.1 Å². The maximum absolute atomic E-state index is 6.21. The van der Waals surface area contributed by atoms with E-state index in [9.17, 15) is 0 Å². The molecule has 100 valence electrons. The van der Waals surface area contributed by atoms with E-state index in [1.165, 1.54) is 0 Å². The Morgan fingerprint density at radius 1 is 0.947 bits per heavy atom. The van der Waals surface area contributed by atoms with E-state index in [4.69, 9.17) is 45.3 Å². The second-order valence-corrected chi connectivity index (χ2v) is 5.28. The van der Waals surface area contributed by atoms with Crippen LogP contribution >= 0.6 is 34.8 Å². The molecule has 2 nitrogen and oxygen atoms in total. The third kappa shape index (κ3) is 3.15. The van der Waals surface area contributed by atoms with Crippen LogP contribution in [0.3, 0.4) is 0 Å². The second-order valence-electron chi connectivity index (χ2n) is 4.03. The zero-order chi connectivity index (χ0) is 14.0. The molecule has 0 saturated heterocycles. The van der Waals surface area contributed by atoms with Crippen molar-refractivity contribution in [1.82, 2.24) is 0 Å². The average Bonchev–Trinajstić information content (AvgIpc) is 2.40. The average molecular weight is 317 g/mol. The zero-order valence-electron chi connectivity index (χ0n) is 10.2. The molecule has 0 aliphatic heterocycles. The van der Waals surface area contributed by atoms with Gasteiger partial charge in [-0.25, -0.2) is 0 Å². The Morgan fingerprint density at radius 3 is 2.32 bits per heavy atom. The van der Waals surface area contributed by atoms with Crippen LogP contribution < -0.4 is 10.5 Å². The normalized spacial score (nSPS) is 12.3. The van der Waals surface area contributed by atoms with Gasteiger partial charge in [0.15, 0.2) is 0 Å². The molecule has 2 N–H and O–H groups in total. The van der Waals surface area contributed by atoms with Crippen LogP contribution in [0.4, 0.5) is 0 Å². The van der Waals surface area contributed by atoms with Gasteiger partial charge in [-0.15, -0.1) is 0 Å². The molecular formula is C14H12Cl3NO. The summed E-state index contributed by atoms with van der Waals surface area (Å²) in [7, 11) is 1.58. The van der Waals surface area contributed by atoms with Crippen molar-refractivity contribution < 1.29 is 4.74 Å². The maximum Gasteiger partial charge on any atom is 0.120 e. The van der Waals surface area contributed by atoms with Gasteiger partial charge in [0.2, 0.25) is 0 Å². The lowest BCUT2D eigenvalue weighted by atomic mass is 9.99. The number of methoxy groups -OCH3 is 1. The molecule has 0 aliphatic rings. The highest BCUT2D eigenvalue weighted by Crippen LogP contribution is 2.33. The summed E-state index contributed by atoms with van der Waals surface area (Å²) in [5.74, 6) is 0.679. The third-order valence-electron chi connectivity index (χ3n) is 2.84. The molecule has 19 heavy (non-hydrogen) atoms. The Balaban J connectivity index is 2.43. The molecule has 0 fully saturated rings. The summed E-state index contributed by atoms with van der Waals surface area (Å²) < 4.78 is 5.11. The Kier molecular flexibility index (Phi) is 4.58. The van der Waals surface area contributed by atoms with Crippen molar-refractivity contribution in [2.24, 2.45) is 5.73 Å². The number of rotatable bonds is 3. The molecule has 5 heteroatoms. The third-order valence-corrected chi connectivity index (χ3v) is 3.74. The molecule has 0 heterocycles. The van der Waals surface area contributed by atoms with Crippen molar-refractivity contribution in [2.45, 2.75) is 6.04 Å². The molecule has 0 bridgehead atoms. The minimum Gasteiger partial charge on any atom is -0.497 e. The standard InChI is InChI=1S/C14H12Cl3NO/c1-19-9-3-4-10(13(17)7-9)14(18)11-6-8(15)2-5-12(11)16/h2-7,14H,18H2,1H3. The molecule has 2 aromatic carbocycles. The van der Waals surface area contributed by atoms with Crippen molar-refractivity contribution in [3.63, 3.8) is 0 Å². The molecule has 0 aliphatic carbocycles. The van der Waals surface area contributed by atoms with Crippen LogP contribution in [-0.2, 0) is 0 Å². The lowest BCUT2D eigenvalue weighted by Crippen LogP contribution is -2.13. The summed E-state index contributed by atoms with van der Waals surface area (Å²) in [6.07, 6.45) is 0. The number of halogens is 3. The van der Waals surface area contributed by atoms with Crippen molar-refractivity contribution in [2.75, 3.05) is 7.11 Å². The fourth-order valence-electron chi connectivity index (χ4n) is 1.81. The molecule has 2 rings (SSSR count). The van der Waals surface area contributed by atoms with Crippen LogP contribution in [0.15, 0.2) is 36.4 Å². The van der Waals surface area contributed by atoms with Crippen molar-refractivity contribution in [1.29, 1.82) is 0 Å². The fraction of sp³-hybridized carbons (Fsp3) is 0.143.